The standard InChI is InChI=1S/C28H40ClN5O4S/c1-17-24(39-16-31-17)20-11-9-19(10-12-20)18(2)34(29)26(37)22-14-21(35)15-33(22)27(38)25(28(3,4)5)32-23(36)8-6-7-13-30/h9-12,16,18,21-22,25,35H,6-8,13-15,30H2,1-5H3,(H,32,36)/t18-,21+,22-,25+/m0/s1. The summed E-state index contributed by atoms with van der Waals surface area (Å²) in [4.78, 5) is 46.6. The maximum absolute atomic E-state index is 13.7. The van der Waals surface area contributed by atoms with E-state index in [0.29, 0.717) is 19.4 Å². The molecule has 3 amide bonds. The van der Waals surface area contributed by atoms with Gasteiger partial charge in [-0.15, -0.1) is 11.3 Å². The second kappa shape index (κ2) is 13.2. The van der Waals surface area contributed by atoms with Crippen molar-refractivity contribution in [3.05, 3.63) is 41.0 Å². The quantitative estimate of drug-likeness (QED) is 0.291. The first-order valence-corrected chi connectivity index (χ1v) is 14.5. The Morgan fingerprint density at radius 2 is 1.92 bits per heavy atom. The fraction of sp³-hybridized carbons (Fsp3) is 0.571. The lowest BCUT2D eigenvalue weighted by molar-refractivity contribution is -0.146. The SMILES string of the molecule is Cc1ncsc1-c1ccc([C@H](C)N(Cl)C(=O)[C@@H]2C[C@@H](O)CN2C(=O)[C@@H](NC(=O)CCCCN)C(C)(C)C)cc1. The first-order chi connectivity index (χ1) is 18.3. The molecule has 4 N–H and O–H groups in total. The molecule has 11 heteroatoms. The van der Waals surface area contributed by atoms with Crippen LogP contribution in [0.1, 0.15) is 70.7 Å². The number of carbonyl (C=O) groups excluding carboxylic acids is 3. The van der Waals surface area contributed by atoms with E-state index in [1.807, 2.05) is 58.9 Å². The number of β-amino-alcohol motifs (C(OH)–C–C–N with tert-alkyl or cyclic N) is 1. The molecule has 1 aromatic carbocycles. The van der Waals surface area contributed by atoms with Gasteiger partial charge in [0.25, 0.3) is 5.91 Å². The van der Waals surface area contributed by atoms with Gasteiger partial charge in [0.2, 0.25) is 11.8 Å². The number of nitrogens with zero attached hydrogens (tertiary/aromatic N) is 3. The monoisotopic (exact) mass is 577 g/mol. The smallest absolute Gasteiger partial charge is 0.260 e. The summed E-state index contributed by atoms with van der Waals surface area (Å²) in [7, 11) is 0. The molecular formula is C28H40ClN5O4S. The Kier molecular flexibility index (Phi) is 10.5. The van der Waals surface area contributed by atoms with Gasteiger partial charge in [-0.2, -0.15) is 0 Å². The highest BCUT2D eigenvalue weighted by molar-refractivity contribution is 7.13. The second-order valence-electron chi connectivity index (χ2n) is 11.2. The van der Waals surface area contributed by atoms with Crippen molar-refractivity contribution in [2.75, 3.05) is 13.1 Å². The van der Waals surface area contributed by atoms with Gasteiger partial charge < -0.3 is 21.1 Å². The van der Waals surface area contributed by atoms with Gasteiger partial charge in [0.1, 0.15) is 12.1 Å². The molecule has 1 fully saturated rings. The molecule has 3 rings (SSSR count). The summed E-state index contributed by atoms with van der Waals surface area (Å²) < 4.78 is 1.10. The van der Waals surface area contributed by atoms with Crippen LogP contribution < -0.4 is 11.1 Å². The molecule has 9 nitrogen and oxygen atoms in total. The van der Waals surface area contributed by atoms with Crippen molar-refractivity contribution in [3.63, 3.8) is 0 Å². The van der Waals surface area contributed by atoms with Gasteiger partial charge in [-0.3, -0.25) is 14.4 Å². The third-order valence-electron chi connectivity index (χ3n) is 7.07. The van der Waals surface area contributed by atoms with E-state index < -0.39 is 41.5 Å². The predicted molar refractivity (Wildman–Crippen MR) is 154 cm³/mol. The maximum atomic E-state index is 13.7. The third kappa shape index (κ3) is 7.57. The van der Waals surface area contributed by atoms with E-state index in [1.54, 1.807) is 16.8 Å². The average molecular weight is 578 g/mol. The highest BCUT2D eigenvalue weighted by Gasteiger charge is 2.46. The van der Waals surface area contributed by atoms with E-state index in [4.69, 9.17) is 17.5 Å². The summed E-state index contributed by atoms with van der Waals surface area (Å²) in [5, 5.41) is 13.3. The Labute approximate surface area is 239 Å². The van der Waals surface area contributed by atoms with Crippen molar-refractivity contribution in [3.8, 4) is 10.4 Å². The van der Waals surface area contributed by atoms with Crippen LogP contribution in [-0.2, 0) is 14.4 Å². The number of amides is 3. The van der Waals surface area contributed by atoms with Gasteiger partial charge in [0.15, 0.2) is 0 Å². The molecule has 1 saturated heterocycles. The molecule has 0 spiro atoms. The van der Waals surface area contributed by atoms with Crippen LogP contribution in [0.2, 0.25) is 0 Å². The molecule has 4 atom stereocenters. The molecule has 1 aliphatic rings. The summed E-state index contributed by atoms with van der Waals surface area (Å²) >= 11 is 8.15. The number of aliphatic hydroxyl groups is 1. The van der Waals surface area contributed by atoms with Crippen LogP contribution in [0.3, 0.4) is 0 Å². The highest BCUT2D eigenvalue weighted by Crippen LogP contribution is 2.32. The zero-order chi connectivity index (χ0) is 28.9. The number of hydrogen-bond donors (Lipinski definition) is 3. The number of unbranched alkanes of at least 4 members (excludes halogenated alkanes) is 1. The Morgan fingerprint density at radius 3 is 2.49 bits per heavy atom. The number of nitrogens with two attached hydrogens (primary N) is 1. The average Bonchev–Trinajstić information content (AvgIpc) is 3.50. The first kappa shape index (κ1) is 31.0. The number of nitrogens with one attached hydrogen (secondary N) is 1. The van der Waals surface area contributed by atoms with Crippen LogP contribution >= 0.6 is 23.1 Å². The molecule has 0 bridgehead atoms. The van der Waals surface area contributed by atoms with E-state index in [1.165, 1.54) is 4.90 Å². The summed E-state index contributed by atoms with van der Waals surface area (Å²) in [6.45, 7) is 9.82. The fourth-order valence-electron chi connectivity index (χ4n) is 4.73. The summed E-state index contributed by atoms with van der Waals surface area (Å²) in [6.07, 6.45) is 0.808. The minimum absolute atomic E-state index is 0.00707. The predicted octanol–water partition coefficient (Wildman–Crippen LogP) is 3.78. The first-order valence-electron chi connectivity index (χ1n) is 13.3. The minimum atomic E-state index is -0.939. The van der Waals surface area contributed by atoms with Crippen LogP contribution in [0, 0.1) is 12.3 Å². The van der Waals surface area contributed by atoms with Crippen molar-refractivity contribution >= 4 is 40.8 Å². The molecule has 0 aliphatic carbocycles. The number of halogens is 1. The van der Waals surface area contributed by atoms with Crippen molar-refractivity contribution < 1.29 is 19.5 Å². The molecule has 0 saturated carbocycles. The van der Waals surface area contributed by atoms with E-state index >= 15 is 0 Å². The number of aryl methyl sites for hydroxylation is 1. The van der Waals surface area contributed by atoms with Crippen LogP contribution in [0.25, 0.3) is 10.4 Å². The second-order valence-corrected chi connectivity index (χ2v) is 12.4. The Morgan fingerprint density at radius 1 is 1.26 bits per heavy atom. The Bertz CT molecular complexity index is 1150. The van der Waals surface area contributed by atoms with E-state index in [-0.39, 0.29) is 25.3 Å². The number of likely N-dealkylation sites (tertiary alicyclic amines) is 1. The van der Waals surface area contributed by atoms with Crippen molar-refractivity contribution in [2.45, 2.75) is 84.5 Å². The van der Waals surface area contributed by atoms with Crippen molar-refractivity contribution in [1.82, 2.24) is 19.6 Å². The highest BCUT2D eigenvalue weighted by atomic mass is 35.5. The topological polar surface area (TPSA) is 129 Å². The number of thiazole rings is 1. The summed E-state index contributed by atoms with van der Waals surface area (Å²) in [5.41, 5.74) is 9.54. The number of benzene rings is 1. The number of rotatable bonds is 10. The van der Waals surface area contributed by atoms with Crippen LogP contribution in [0.5, 0.6) is 0 Å². The van der Waals surface area contributed by atoms with Crippen LogP contribution in [-0.4, -0.2) is 68.4 Å². The molecule has 39 heavy (non-hydrogen) atoms. The maximum Gasteiger partial charge on any atom is 0.260 e. The number of carbonyl (C=O) groups is 3. The third-order valence-corrected chi connectivity index (χ3v) is 8.51. The zero-order valence-corrected chi connectivity index (χ0v) is 24.9. The fourth-order valence-corrected chi connectivity index (χ4v) is 5.76. The molecule has 0 unspecified atom stereocenters. The number of hydrogen-bond acceptors (Lipinski definition) is 7. The number of aliphatic hydroxyl groups excluding tert-OH is 1. The molecule has 2 heterocycles. The van der Waals surface area contributed by atoms with Crippen molar-refractivity contribution in [2.24, 2.45) is 11.1 Å². The minimum Gasteiger partial charge on any atom is -0.391 e. The molecule has 1 aromatic heterocycles. The van der Waals surface area contributed by atoms with Crippen LogP contribution in [0.15, 0.2) is 29.8 Å². The van der Waals surface area contributed by atoms with E-state index in [9.17, 15) is 19.5 Å². The summed E-state index contributed by atoms with van der Waals surface area (Å²) in [5.74, 6) is -1.13. The molecule has 2 aromatic rings. The van der Waals surface area contributed by atoms with E-state index in [2.05, 4.69) is 10.3 Å². The molecule has 214 valence electrons. The number of aromatic nitrogens is 1. The van der Waals surface area contributed by atoms with Gasteiger partial charge in [0, 0.05) is 31.2 Å². The van der Waals surface area contributed by atoms with Gasteiger partial charge >= 0.3 is 0 Å². The van der Waals surface area contributed by atoms with Gasteiger partial charge in [0.05, 0.1) is 28.2 Å². The lowest BCUT2D eigenvalue weighted by Crippen LogP contribution is -2.57. The lowest BCUT2D eigenvalue weighted by Gasteiger charge is -2.36. The zero-order valence-electron chi connectivity index (χ0n) is 23.3. The van der Waals surface area contributed by atoms with Crippen molar-refractivity contribution in [1.29, 1.82) is 0 Å². The van der Waals surface area contributed by atoms with Gasteiger partial charge in [-0.05, 0) is 49.8 Å². The largest absolute Gasteiger partial charge is 0.391 e. The van der Waals surface area contributed by atoms with Gasteiger partial charge in [-0.25, -0.2) is 9.40 Å². The molecule has 0 radical (unpaired) electrons. The molecule has 1 aliphatic heterocycles. The summed E-state index contributed by atoms with van der Waals surface area (Å²) in [6, 6.07) is 5.50. The van der Waals surface area contributed by atoms with E-state index in [0.717, 1.165) is 26.1 Å². The molecular weight excluding hydrogens is 538 g/mol. The Balaban J connectivity index is 1.75. The Hall–Kier alpha value is -2.53. The normalized spacial score (nSPS) is 19.0. The van der Waals surface area contributed by atoms with Crippen LogP contribution in [0.4, 0.5) is 0 Å². The van der Waals surface area contributed by atoms with Gasteiger partial charge in [-0.1, -0.05) is 45.0 Å². The lowest BCUT2D eigenvalue weighted by atomic mass is 9.85.